The predicted molar refractivity (Wildman–Crippen MR) is 58.6 cm³/mol. The van der Waals surface area contributed by atoms with E-state index in [2.05, 4.69) is 16.3 Å². The highest BCUT2D eigenvalue weighted by molar-refractivity contribution is 5.69. The summed E-state index contributed by atoms with van der Waals surface area (Å²) in [5.74, 6) is 0.615. The topological polar surface area (TPSA) is 51.9 Å². The third kappa shape index (κ3) is 2.60. The summed E-state index contributed by atoms with van der Waals surface area (Å²) in [4.78, 5) is 5.81. The molecule has 1 aromatic rings. The van der Waals surface area contributed by atoms with E-state index in [1.54, 1.807) is 30.5 Å². The smallest absolute Gasteiger partial charge is 0.212 e. The third-order valence-electron chi connectivity index (χ3n) is 2.01. The zero-order valence-electron chi connectivity index (χ0n) is 9.04. The molecular formula is C10H13N4O2. The molecule has 85 valence electrons. The maximum atomic E-state index is 5.36. The van der Waals surface area contributed by atoms with E-state index in [1.807, 2.05) is 11.1 Å². The van der Waals surface area contributed by atoms with Gasteiger partial charge in [-0.15, -0.1) is 0 Å². The SMILES string of the molecule is COCCOC1=CCN(n2cc[c]n2)C=N1. The Bertz CT molecular complexity index is 372. The van der Waals surface area contributed by atoms with Crippen LogP contribution in [-0.2, 0) is 9.47 Å². The molecule has 0 spiro atoms. The van der Waals surface area contributed by atoms with E-state index in [0.29, 0.717) is 25.6 Å². The minimum Gasteiger partial charge on any atom is -0.475 e. The van der Waals surface area contributed by atoms with Crippen molar-refractivity contribution in [3.63, 3.8) is 0 Å². The van der Waals surface area contributed by atoms with Gasteiger partial charge in [0.1, 0.15) is 19.1 Å². The summed E-state index contributed by atoms with van der Waals surface area (Å²) in [6, 6.07) is 1.74. The number of hydrogen-bond donors (Lipinski definition) is 0. The average molecular weight is 221 g/mol. The van der Waals surface area contributed by atoms with E-state index in [1.165, 1.54) is 0 Å². The molecule has 2 rings (SSSR count). The van der Waals surface area contributed by atoms with Gasteiger partial charge in [-0.05, 0) is 12.1 Å². The molecule has 0 N–H and O–H groups in total. The van der Waals surface area contributed by atoms with Gasteiger partial charge in [0.2, 0.25) is 5.88 Å². The highest BCUT2D eigenvalue weighted by atomic mass is 16.5. The summed E-state index contributed by atoms with van der Waals surface area (Å²) < 4.78 is 10.2. The van der Waals surface area contributed by atoms with Crippen LogP contribution in [0.5, 0.6) is 0 Å². The van der Waals surface area contributed by atoms with Crippen LogP contribution in [0.1, 0.15) is 0 Å². The van der Waals surface area contributed by atoms with Crippen LogP contribution in [0.25, 0.3) is 0 Å². The first-order valence-corrected chi connectivity index (χ1v) is 4.95. The summed E-state index contributed by atoms with van der Waals surface area (Å²) in [5.41, 5.74) is 0. The molecule has 0 saturated carbocycles. The summed E-state index contributed by atoms with van der Waals surface area (Å²) in [6.45, 7) is 1.74. The molecule has 16 heavy (non-hydrogen) atoms. The third-order valence-corrected chi connectivity index (χ3v) is 2.01. The van der Waals surface area contributed by atoms with Gasteiger partial charge >= 0.3 is 0 Å². The van der Waals surface area contributed by atoms with E-state index in [4.69, 9.17) is 9.47 Å². The summed E-state index contributed by atoms with van der Waals surface area (Å²) >= 11 is 0. The van der Waals surface area contributed by atoms with Crippen LogP contribution >= 0.6 is 0 Å². The molecule has 0 fully saturated rings. The number of ether oxygens (including phenoxy) is 2. The van der Waals surface area contributed by atoms with Crippen molar-refractivity contribution >= 4 is 6.34 Å². The van der Waals surface area contributed by atoms with Crippen LogP contribution in [-0.4, -0.2) is 43.1 Å². The quantitative estimate of drug-likeness (QED) is 0.665. The fourth-order valence-corrected chi connectivity index (χ4v) is 1.23. The molecule has 1 aliphatic rings. The average Bonchev–Trinajstić information content (AvgIpc) is 2.84. The van der Waals surface area contributed by atoms with Gasteiger partial charge in [-0.3, -0.25) is 5.01 Å². The highest BCUT2D eigenvalue weighted by Crippen LogP contribution is 2.04. The van der Waals surface area contributed by atoms with Gasteiger partial charge in [-0.25, -0.2) is 4.99 Å². The van der Waals surface area contributed by atoms with Crippen molar-refractivity contribution in [1.29, 1.82) is 0 Å². The molecule has 0 atom stereocenters. The van der Waals surface area contributed by atoms with E-state index < -0.39 is 0 Å². The Morgan fingerprint density at radius 2 is 2.44 bits per heavy atom. The van der Waals surface area contributed by atoms with Crippen molar-refractivity contribution in [2.45, 2.75) is 0 Å². The molecule has 0 unspecified atom stereocenters. The molecule has 0 aromatic carbocycles. The Labute approximate surface area is 93.8 Å². The Balaban J connectivity index is 1.84. The molecule has 0 bridgehead atoms. The lowest BCUT2D eigenvalue weighted by Crippen LogP contribution is -2.35. The van der Waals surface area contributed by atoms with Crippen molar-refractivity contribution in [3.8, 4) is 0 Å². The molecule has 1 radical (unpaired) electrons. The Morgan fingerprint density at radius 1 is 1.50 bits per heavy atom. The van der Waals surface area contributed by atoms with Gasteiger partial charge in [-0.2, -0.15) is 9.89 Å². The monoisotopic (exact) mass is 221 g/mol. The second-order valence-corrected chi connectivity index (χ2v) is 3.12. The second-order valence-electron chi connectivity index (χ2n) is 3.12. The van der Waals surface area contributed by atoms with Crippen molar-refractivity contribution in [2.24, 2.45) is 4.99 Å². The van der Waals surface area contributed by atoms with Gasteiger partial charge in [0.25, 0.3) is 0 Å². The number of aliphatic imine (C=N–C) groups is 1. The molecular weight excluding hydrogens is 208 g/mol. The van der Waals surface area contributed by atoms with Gasteiger partial charge in [0.15, 0.2) is 0 Å². The zero-order valence-corrected chi connectivity index (χ0v) is 9.04. The number of rotatable bonds is 5. The standard InChI is InChI=1S/C10H13N4O2/c1-15-7-8-16-10-3-6-13(9-11-10)14-5-2-4-12-14/h2-3,5,9H,6-8H2,1H3. The van der Waals surface area contributed by atoms with Crippen LogP contribution in [0.2, 0.25) is 0 Å². The molecule has 6 nitrogen and oxygen atoms in total. The summed E-state index contributed by atoms with van der Waals surface area (Å²) in [7, 11) is 1.64. The molecule has 0 amide bonds. The maximum Gasteiger partial charge on any atom is 0.212 e. The van der Waals surface area contributed by atoms with E-state index in [0.717, 1.165) is 0 Å². The van der Waals surface area contributed by atoms with Crippen LogP contribution in [0, 0.1) is 6.20 Å². The van der Waals surface area contributed by atoms with Gasteiger partial charge in [-0.1, -0.05) is 0 Å². The molecule has 1 aliphatic heterocycles. The fourth-order valence-electron chi connectivity index (χ4n) is 1.23. The summed E-state index contributed by atoms with van der Waals surface area (Å²) in [5, 5.41) is 5.81. The first-order chi connectivity index (χ1) is 7.90. The van der Waals surface area contributed by atoms with Gasteiger partial charge in [0, 0.05) is 13.3 Å². The van der Waals surface area contributed by atoms with Crippen LogP contribution < -0.4 is 5.01 Å². The lowest BCUT2D eigenvalue weighted by atomic mass is 10.5. The molecule has 1 aromatic heterocycles. The molecule has 0 aliphatic carbocycles. The Morgan fingerprint density at radius 3 is 3.06 bits per heavy atom. The van der Waals surface area contributed by atoms with Crippen LogP contribution in [0.4, 0.5) is 0 Å². The number of hydrogen-bond acceptors (Lipinski definition) is 5. The van der Waals surface area contributed by atoms with Crippen molar-refractivity contribution in [2.75, 3.05) is 31.9 Å². The zero-order chi connectivity index (χ0) is 11.2. The lowest BCUT2D eigenvalue weighted by molar-refractivity contribution is 0.108. The Hall–Kier alpha value is -1.82. The second kappa shape index (κ2) is 5.32. The van der Waals surface area contributed by atoms with Crippen molar-refractivity contribution < 1.29 is 9.47 Å². The number of aromatic nitrogens is 2. The van der Waals surface area contributed by atoms with Gasteiger partial charge in [0.05, 0.1) is 13.2 Å². The van der Waals surface area contributed by atoms with E-state index in [-0.39, 0.29) is 0 Å². The number of methoxy groups -OCH3 is 1. The van der Waals surface area contributed by atoms with E-state index >= 15 is 0 Å². The van der Waals surface area contributed by atoms with Crippen molar-refractivity contribution in [1.82, 2.24) is 9.89 Å². The minimum atomic E-state index is 0.509. The molecule has 6 heteroatoms. The lowest BCUT2D eigenvalue weighted by Gasteiger charge is -2.20. The molecule has 0 saturated heterocycles. The Kier molecular flexibility index (Phi) is 3.55. The number of nitrogens with zero attached hydrogens (tertiary/aromatic N) is 4. The summed E-state index contributed by atoms with van der Waals surface area (Å²) in [6.07, 6.45) is 8.08. The van der Waals surface area contributed by atoms with Gasteiger partial charge < -0.3 is 9.47 Å². The first kappa shape index (κ1) is 10.7. The largest absolute Gasteiger partial charge is 0.475 e. The highest BCUT2D eigenvalue weighted by Gasteiger charge is 2.07. The van der Waals surface area contributed by atoms with E-state index in [9.17, 15) is 0 Å². The maximum absolute atomic E-state index is 5.36. The minimum absolute atomic E-state index is 0.509. The first-order valence-electron chi connectivity index (χ1n) is 4.95. The predicted octanol–water partition coefficient (Wildman–Crippen LogP) is 0.168. The van der Waals surface area contributed by atoms with Crippen LogP contribution in [0.3, 0.4) is 0 Å². The van der Waals surface area contributed by atoms with Crippen LogP contribution in [0.15, 0.2) is 29.2 Å². The van der Waals surface area contributed by atoms with Crippen molar-refractivity contribution in [3.05, 3.63) is 30.4 Å². The fraction of sp³-hybridized carbons (Fsp3) is 0.400. The molecule has 2 heterocycles. The normalized spacial score (nSPS) is 15.1.